The smallest absolute Gasteiger partial charge is 0.0171 e. The first-order valence-corrected chi connectivity index (χ1v) is 18.6. The Morgan fingerprint density at radius 2 is 1.20 bits per heavy atom. The SMILES string of the molecule is C=CCc1cc(C(C)C)c(C2=C3C(=C(c4cc(-c5cccc(C=C)c5)c(C)cc4C(C)C)C2(C)C)c2cccc4cccc3c24)c(C(C)C)c1. The van der Waals surface area contributed by atoms with Crippen molar-refractivity contribution in [1.29, 1.82) is 0 Å². The summed E-state index contributed by atoms with van der Waals surface area (Å²) in [5, 5.41) is 2.71. The normalized spacial score (nSPS) is 14.9. The molecule has 2 aliphatic carbocycles. The predicted octanol–water partition coefficient (Wildman–Crippen LogP) is 14.4. The maximum Gasteiger partial charge on any atom is 0.0171 e. The van der Waals surface area contributed by atoms with E-state index in [-0.39, 0.29) is 5.41 Å². The highest BCUT2D eigenvalue weighted by Crippen LogP contribution is 2.66. The van der Waals surface area contributed by atoms with Crippen molar-refractivity contribution in [3.05, 3.63) is 160 Å². The summed E-state index contributed by atoms with van der Waals surface area (Å²) in [6.07, 6.45) is 4.88. The summed E-state index contributed by atoms with van der Waals surface area (Å²) < 4.78 is 0. The van der Waals surface area contributed by atoms with Crippen LogP contribution in [-0.4, -0.2) is 0 Å². The zero-order valence-electron chi connectivity index (χ0n) is 31.6. The fraction of sp³-hybridized carbons (Fsp3) is 0.280. The predicted molar refractivity (Wildman–Crippen MR) is 221 cm³/mol. The molecule has 0 aromatic heterocycles. The van der Waals surface area contributed by atoms with E-state index in [1.165, 1.54) is 94.3 Å². The lowest BCUT2D eigenvalue weighted by molar-refractivity contribution is 0.673. The van der Waals surface area contributed by atoms with Crippen LogP contribution in [0, 0.1) is 12.3 Å². The Kier molecular flexibility index (Phi) is 8.50. The molecule has 7 rings (SSSR count). The zero-order chi connectivity index (χ0) is 35.6. The molecule has 0 fully saturated rings. The van der Waals surface area contributed by atoms with Gasteiger partial charge in [-0.1, -0.05) is 147 Å². The molecule has 0 amide bonds. The van der Waals surface area contributed by atoms with E-state index in [0.29, 0.717) is 17.8 Å². The number of hydrogen-bond donors (Lipinski definition) is 0. The first kappa shape index (κ1) is 33.8. The van der Waals surface area contributed by atoms with Gasteiger partial charge in [0.1, 0.15) is 0 Å². The number of allylic oxidation sites excluding steroid dienone is 5. The van der Waals surface area contributed by atoms with Crippen molar-refractivity contribution in [1.82, 2.24) is 0 Å². The van der Waals surface area contributed by atoms with Gasteiger partial charge >= 0.3 is 0 Å². The molecule has 2 aliphatic rings. The Balaban J connectivity index is 1.64. The van der Waals surface area contributed by atoms with Crippen LogP contribution in [-0.2, 0) is 6.42 Å². The topological polar surface area (TPSA) is 0 Å². The summed E-state index contributed by atoms with van der Waals surface area (Å²) in [4.78, 5) is 0. The highest BCUT2D eigenvalue weighted by Gasteiger charge is 2.47. The third-order valence-corrected chi connectivity index (χ3v) is 11.3. The van der Waals surface area contributed by atoms with E-state index in [1.807, 2.05) is 12.2 Å². The molecule has 5 aromatic carbocycles. The first-order chi connectivity index (χ1) is 23.9. The maximum absolute atomic E-state index is 4.11. The van der Waals surface area contributed by atoms with Crippen molar-refractivity contribution >= 4 is 39.1 Å². The van der Waals surface area contributed by atoms with Crippen molar-refractivity contribution in [2.45, 2.75) is 86.5 Å². The summed E-state index contributed by atoms with van der Waals surface area (Å²) in [7, 11) is 0. The molecule has 0 heteroatoms. The van der Waals surface area contributed by atoms with E-state index >= 15 is 0 Å². The van der Waals surface area contributed by atoms with Crippen LogP contribution in [0.15, 0.2) is 104 Å². The molecule has 0 saturated heterocycles. The molecule has 0 heterocycles. The van der Waals surface area contributed by atoms with Crippen LogP contribution < -0.4 is 0 Å². The van der Waals surface area contributed by atoms with Crippen LogP contribution in [0.3, 0.4) is 0 Å². The van der Waals surface area contributed by atoms with Crippen LogP contribution in [0.1, 0.15) is 129 Å². The molecule has 5 aromatic rings. The molecule has 0 saturated carbocycles. The summed E-state index contributed by atoms with van der Waals surface area (Å²) in [6.45, 7) is 29.7. The summed E-state index contributed by atoms with van der Waals surface area (Å²) in [6, 6.07) is 32.6. The monoisotopic (exact) mass is 652 g/mol. The fourth-order valence-corrected chi connectivity index (χ4v) is 9.01. The van der Waals surface area contributed by atoms with Gasteiger partial charge in [0.05, 0.1) is 0 Å². The largest absolute Gasteiger partial charge is 0.103 e. The minimum atomic E-state index is -0.271. The Bertz CT molecular complexity index is 2240. The van der Waals surface area contributed by atoms with E-state index < -0.39 is 0 Å². The standard InChI is InChI=1S/C50H52/c1-12-17-34-26-40(30(5)6)45(41(27-34)31(7)8)49-47-38-23-16-20-35-19-15-22-37(44(35)38)46(47)48(50(49,10)11)43-28-42(32(9)24-39(43)29(3)4)36-21-14-18-33(13-2)25-36/h12-16,18-31H,1-2,17H2,3-11H3. The van der Waals surface area contributed by atoms with Gasteiger partial charge in [0.25, 0.3) is 0 Å². The molecule has 0 nitrogen and oxygen atoms in total. The molecular formula is C50H52. The Labute approximate surface area is 301 Å². The third kappa shape index (κ3) is 5.19. The molecule has 0 bridgehead atoms. The van der Waals surface area contributed by atoms with Gasteiger partial charge in [-0.2, -0.15) is 0 Å². The van der Waals surface area contributed by atoms with Crippen molar-refractivity contribution in [3.8, 4) is 11.1 Å². The second-order valence-corrected chi connectivity index (χ2v) is 16.0. The number of hydrogen-bond acceptors (Lipinski definition) is 0. The third-order valence-electron chi connectivity index (χ3n) is 11.3. The van der Waals surface area contributed by atoms with Crippen molar-refractivity contribution in [2.24, 2.45) is 5.41 Å². The number of benzene rings is 5. The Morgan fingerprint density at radius 3 is 1.76 bits per heavy atom. The van der Waals surface area contributed by atoms with Gasteiger partial charge in [-0.05, 0) is 143 Å². The van der Waals surface area contributed by atoms with E-state index in [9.17, 15) is 0 Å². The van der Waals surface area contributed by atoms with Crippen LogP contribution in [0.4, 0.5) is 0 Å². The van der Waals surface area contributed by atoms with E-state index in [2.05, 4.69) is 160 Å². The van der Waals surface area contributed by atoms with E-state index in [0.717, 1.165) is 12.0 Å². The first-order valence-electron chi connectivity index (χ1n) is 18.6. The molecule has 0 N–H and O–H groups in total. The lowest BCUT2D eigenvalue weighted by Gasteiger charge is -2.34. The van der Waals surface area contributed by atoms with Crippen LogP contribution in [0.5, 0.6) is 0 Å². The van der Waals surface area contributed by atoms with Gasteiger partial charge in [0.2, 0.25) is 0 Å². The average molecular weight is 653 g/mol. The van der Waals surface area contributed by atoms with Crippen molar-refractivity contribution in [2.75, 3.05) is 0 Å². The van der Waals surface area contributed by atoms with Gasteiger partial charge < -0.3 is 0 Å². The average Bonchev–Trinajstić information content (AvgIpc) is 3.52. The van der Waals surface area contributed by atoms with Crippen molar-refractivity contribution < 1.29 is 0 Å². The Morgan fingerprint density at radius 1 is 0.620 bits per heavy atom. The molecule has 0 aliphatic heterocycles. The van der Waals surface area contributed by atoms with Gasteiger partial charge in [-0.3, -0.25) is 0 Å². The summed E-state index contributed by atoms with van der Waals surface area (Å²) >= 11 is 0. The lowest BCUT2D eigenvalue weighted by Crippen LogP contribution is -2.19. The molecular weight excluding hydrogens is 601 g/mol. The summed E-state index contributed by atoms with van der Waals surface area (Å²) in [5.74, 6) is 1.11. The number of fused-ring (bicyclic) bond motifs is 3. The van der Waals surface area contributed by atoms with Crippen LogP contribution >= 0.6 is 0 Å². The Hall–Kier alpha value is -4.68. The van der Waals surface area contributed by atoms with Crippen molar-refractivity contribution in [3.63, 3.8) is 0 Å². The highest BCUT2D eigenvalue weighted by molar-refractivity contribution is 6.37. The van der Waals surface area contributed by atoms with Gasteiger partial charge in [-0.25, -0.2) is 0 Å². The second kappa shape index (κ2) is 12.6. The minimum Gasteiger partial charge on any atom is -0.103 e. The van der Waals surface area contributed by atoms with Gasteiger partial charge in [-0.15, -0.1) is 6.58 Å². The summed E-state index contributed by atoms with van der Waals surface area (Å²) in [5.41, 5.74) is 21.8. The highest BCUT2D eigenvalue weighted by atomic mass is 14.5. The van der Waals surface area contributed by atoms with Gasteiger partial charge in [0.15, 0.2) is 0 Å². The van der Waals surface area contributed by atoms with E-state index in [1.54, 1.807) is 0 Å². The van der Waals surface area contributed by atoms with Gasteiger partial charge in [0, 0.05) is 5.41 Å². The molecule has 0 radical (unpaired) electrons. The molecule has 0 atom stereocenters. The molecule has 0 spiro atoms. The second-order valence-electron chi connectivity index (χ2n) is 16.0. The maximum atomic E-state index is 4.11. The molecule has 252 valence electrons. The van der Waals surface area contributed by atoms with Crippen LogP contribution in [0.2, 0.25) is 0 Å². The van der Waals surface area contributed by atoms with E-state index in [4.69, 9.17) is 0 Å². The quantitative estimate of drug-likeness (QED) is 0.139. The van der Waals surface area contributed by atoms with Crippen LogP contribution in [0.25, 0.3) is 50.3 Å². The number of rotatable bonds is 9. The zero-order valence-corrected chi connectivity index (χ0v) is 31.6. The minimum absolute atomic E-state index is 0.271. The molecule has 50 heavy (non-hydrogen) atoms. The lowest BCUT2D eigenvalue weighted by atomic mass is 9.69. The molecule has 0 unspecified atom stereocenters. The fourth-order valence-electron chi connectivity index (χ4n) is 9.01. The number of aryl methyl sites for hydroxylation is 1.